The summed E-state index contributed by atoms with van der Waals surface area (Å²) in [6.45, 7) is 4.45. The molecule has 4 nitrogen and oxygen atoms in total. The first-order valence-corrected chi connectivity index (χ1v) is 10.1. The molecule has 0 saturated heterocycles. The molecule has 2 aromatic rings. The Labute approximate surface area is 153 Å². The summed E-state index contributed by atoms with van der Waals surface area (Å²) in [5, 5.41) is 0. The van der Waals surface area contributed by atoms with Crippen LogP contribution >= 0.6 is 0 Å². The normalized spacial score (nSPS) is 22.8. The van der Waals surface area contributed by atoms with Crippen LogP contribution in [0.15, 0.2) is 18.2 Å². The van der Waals surface area contributed by atoms with E-state index >= 15 is 0 Å². The van der Waals surface area contributed by atoms with Crippen molar-refractivity contribution in [3.63, 3.8) is 0 Å². The van der Waals surface area contributed by atoms with Gasteiger partial charge in [0.1, 0.15) is 0 Å². The first-order valence-electron chi connectivity index (χ1n) is 8.40. The summed E-state index contributed by atoms with van der Waals surface area (Å²) in [4.78, 5) is 12.9. The third-order valence-corrected chi connectivity index (χ3v) is 8.39. The molecule has 1 fully saturated rings. The van der Waals surface area contributed by atoms with Crippen molar-refractivity contribution in [3.8, 4) is 27.2 Å². The molecule has 2 bridgehead atoms. The van der Waals surface area contributed by atoms with Gasteiger partial charge >= 0.3 is 154 Å². The SMILES string of the molecule is COc1cc(OC)c(-c2cc3c([se]2)C(=O)[C@H]2C[C@@H]3C2(C)C)c(OC)c1. The molecule has 3 aliphatic rings. The molecule has 1 aromatic carbocycles. The van der Waals surface area contributed by atoms with Crippen LogP contribution in [0, 0.1) is 11.3 Å². The molecule has 1 heterocycles. The van der Waals surface area contributed by atoms with E-state index in [9.17, 15) is 4.79 Å². The number of Topliss-reactive ketones (excluding diaryl/α,β-unsaturated/α-hetero) is 1. The van der Waals surface area contributed by atoms with Gasteiger partial charge in [0.05, 0.1) is 0 Å². The Morgan fingerprint density at radius 1 is 1.00 bits per heavy atom. The van der Waals surface area contributed by atoms with Gasteiger partial charge in [-0.1, -0.05) is 0 Å². The van der Waals surface area contributed by atoms with Gasteiger partial charge in [0.2, 0.25) is 0 Å². The van der Waals surface area contributed by atoms with Gasteiger partial charge in [0.25, 0.3) is 0 Å². The van der Waals surface area contributed by atoms with Crippen LogP contribution < -0.4 is 14.2 Å². The van der Waals surface area contributed by atoms with Gasteiger partial charge in [0, 0.05) is 0 Å². The quantitative estimate of drug-likeness (QED) is 0.727. The molecule has 25 heavy (non-hydrogen) atoms. The van der Waals surface area contributed by atoms with E-state index in [1.807, 2.05) is 12.1 Å². The van der Waals surface area contributed by atoms with E-state index in [2.05, 4.69) is 19.9 Å². The van der Waals surface area contributed by atoms with Gasteiger partial charge in [-0.15, -0.1) is 0 Å². The third-order valence-electron chi connectivity index (χ3n) is 5.91. The van der Waals surface area contributed by atoms with E-state index in [1.165, 1.54) is 5.56 Å². The number of hydrogen-bond donors (Lipinski definition) is 0. The minimum absolute atomic E-state index is 0.00498. The van der Waals surface area contributed by atoms with E-state index in [1.54, 1.807) is 21.3 Å². The number of carbonyl (C=O) groups is 1. The molecule has 5 heteroatoms. The van der Waals surface area contributed by atoms with Crippen molar-refractivity contribution in [1.82, 2.24) is 0 Å². The molecule has 0 spiro atoms. The van der Waals surface area contributed by atoms with Gasteiger partial charge < -0.3 is 0 Å². The zero-order valence-electron chi connectivity index (χ0n) is 15.1. The van der Waals surface area contributed by atoms with Crippen LogP contribution in [0.25, 0.3) is 10.0 Å². The molecule has 0 radical (unpaired) electrons. The molecule has 0 N–H and O–H groups in total. The van der Waals surface area contributed by atoms with Crippen LogP contribution in [0.2, 0.25) is 0 Å². The number of ether oxygens (including phenoxy) is 3. The van der Waals surface area contributed by atoms with Crippen molar-refractivity contribution < 1.29 is 19.0 Å². The number of methoxy groups -OCH3 is 3. The molecule has 0 aliphatic heterocycles. The van der Waals surface area contributed by atoms with E-state index in [0.717, 1.165) is 32.4 Å². The molecule has 3 aliphatic carbocycles. The number of hydrogen-bond acceptors (Lipinski definition) is 4. The number of benzene rings is 1. The van der Waals surface area contributed by atoms with Crippen molar-refractivity contribution in [2.75, 3.05) is 21.3 Å². The molecule has 0 amide bonds. The zero-order chi connectivity index (χ0) is 17.9. The van der Waals surface area contributed by atoms with Gasteiger partial charge in [-0.25, -0.2) is 0 Å². The summed E-state index contributed by atoms with van der Waals surface area (Å²) in [5.74, 6) is 3.21. The Hall–Kier alpha value is -1.71. The predicted molar refractivity (Wildman–Crippen MR) is 97.4 cm³/mol. The van der Waals surface area contributed by atoms with Crippen LogP contribution in [0.1, 0.15) is 41.0 Å². The maximum absolute atomic E-state index is 12.9. The van der Waals surface area contributed by atoms with Crippen molar-refractivity contribution in [2.45, 2.75) is 26.2 Å². The molecule has 132 valence electrons. The number of ketones is 1. The molecule has 0 unspecified atom stereocenters. The first-order chi connectivity index (χ1) is 11.9. The topological polar surface area (TPSA) is 44.8 Å². The third kappa shape index (κ3) is 2.22. The predicted octanol–water partition coefficient (Wildman–Crippen LogP) is 3.76. The summed E-state index contributed by atoms with van der Waals surface area (Å²) < 4.78 is 18.8. The Kier molecular flexibility index (Phi) is 3.78. The molecule has 5 rings (SSSR count). The fraction of sp³-hybridized carbons (Fsp3) is 0.450. The maximum atomic E-state index is 12.9. The van der Waals surface area contributed by atoms with Crippen LogP contribution in [-0.4, -0.2) is 41.6 Å². The summed E-state index contributed by atoms with van der Waals surface area (Å²) in [6.07, 6.45) is 1.00. The molecule has 2 atom stereocenters. The Balaban J connectivity index is 1.88. The van der Waals surface area contributed by atoms with E-state index in [-0.39, 0.29) is 25.8 Å². The minimum atomic E-state index is -0.00498. The first kappa shape index (κ1) is 16.7. The van der Waals surface area contributed by atoms with Gasteiger partial charge in [-0.2, -0.15) is 0 Å². The summed E-state index contributed by atoms with van der Waals surface area (Å²) in [6, 6.07) is 5.97. The average Bonchev–Trinajstić information content (AvgIpc) is 3.05. The molecule has 1 aromatic heterocycles. The fourth-order valence-electron chi connectivity index (χ4n) is 4.28. The van der Waals surface area contributed by atoms with Crippen molar-refractivity contribution in [1.29, 1.82) is 0 Å². The van der Waals surface area contributed by atoms with Crippen LogP contribution in [0.3, 0.4) is 0 Å². The van der Waals surface area contributed by atoms with E-state index in [4.69, 9.17) is 14.2 Å². The molecular formula is C20H22O4Se. The summed E-state index contributed by atoms with van der Waals surface area (Å²) in [5.41, 5.74) is 2.29. The Bertz CT molecular complexity index is 840. The van der Waals surface area contributed by atoms with Crippen molar-refractivity contribution in [3.05, 3.63) is 28.2 Å². The second-order valence-electron chi connectivity index (χ2n) is 7.33. The van der Waals surface area contributed by atoms with Gasteiger partial charge in [0.15, 0.2) is 0 Å². The molecule has 1 saturated carbocycles. The summed E-state index contributed by atoms with van der Waals surface area (Å²) in [7, 11) is 4.93. The number of rotatable bonds is 4. The zero-order valence-corrected chi connectivity index (χ0v) is 16.8. The Morgan fingerprint density at radius 3 is 2.16 bits per heavy atom. The number of carbonyl (C=O) groups excluding carboxylic acids is 1. The average molecular weight is 405 g/mol. The van der Waals surface area contributed by atoms with Crippen molar-refractivity contribution >= 4 is 20.3 Å². The monoisotopic (exact) mass is 406 g/mol. The van der Waals surface area contributed by atoms with E-state index in [0.29, 0.717) is 17.5 Å². The second kappa shape index (κ2) is 5.65. The second-order valence-corrected chi connectivity index (χ2v) is 9.54. The van der Waals surface area contributed by atoms with E-state index < -0.39 is 0 Å². The Morgan fingerprint density at radius 2 is 1.64 bits per heavy atom. The van der Waals surface area contributed by atoms with Gasteiger partial charge in [-0.05, 0) is 0 Å². The van der Waals surface area contributed by atoms with Crippen LogP contribution in [0.4, 0.5) is 0 Å². The van der Waals surface area contributed by atoms with Gasteiger partial charge in [-0.3, -0.25) is 0 Å². The van der Waals surface area contributed by atoms with Crippen LogP contribution in [-0.2, 0) is 0 Å². The fourth-order valence-corrected chi connectivity index (χ4v) is 6.95. The summed E-state index contributed by atoms with van der Waals surface area (Å²) >= 11 is -0.00498. The van der Waals surface area contributed by atoms with Crippen molar-refractivity contribution in [2.24, 2.45) is 11.3 Å². The molecular weight excluding hydrogens is 383 g/mol. The standard InChI is InChI=1S/C20H22O4Se/c1-20(2)12-9-13(20)18(21)19-11(12)8-16(25-19)17-14(23-4)6-10(22-3)7-15(17)24-5/h6-8,12-13H,9H2,1-5H3/t12-,13+/m0/s1. The van der Waals surface area contributed by atoms with Crippen LogP contribution in [0.5, 0.6) is 17.2 Å².